The minimum atomic E-state index is -4.76. The number of carbonyl (C=O) groups excluding carboxylic acids is 2. The fourth-order valence-corrected chi connectivity index (χ4v) is 5.00. The number of phosphoric acid groups is 1. The largest absolute Gasteiger partial charge is 0.469 e. The average molecular weight is 659 g/mol. The third-order valence-electron chi connectivity index (χ3n) is 7.25. The Bertz CT molecular complexity index is 850. The minimum Gasteiger partial charge on any atom is -0.462 e. The van der Waals surface area contributed by atoms with Gasteiger partial charge in [0.25, 0.3) is 0 Å². The molecule has 0 aliphatic rings. The van der Waals surface area contributed by atoms with Gasteiger partial charge in [0.05, 0.1) is 12.7 Å². The highest BCUT2D eigenvalue weighted by atomic mass is 31.2. The fourth-order valence-electron chi connectivity index (χ4n) is 4.64. The first-order valence-electron chi connectivity index (χ1n) is 17.4. The maximum absolute atomic E-state index is 12.3. The number of esters is 2. The number of aliphatic hydroxyl groups is 1. The van der Waals surface area contributed by atoms with Crippen LogP contribution in [0.5, 0.6) is 0 Å². The standard InChI is InChI=1S/C35H63O9P/c1-3-5-7-8-9-10-11-14-17-20-24-28-34(37)42-30-33(31-43-45(39,40)41)44-35(38)29-25-21-18-15-12-13-16-19-23-27-32(36)26-22-6-4-2/h6,16,19,22-23,27,32-33,36H,3-5,7-15,17-18,20-21,24-26,28-31H2,1-2H3,(H2,39,40,41)/b19-16+,22-6+,27-23+/t32?,33-/m1/s1. The van der Waals surface area contributed by atoms with E-state index < -0.39 is 38.6 Å². The third kappa shape index (κ3) is 33.4. The van der Waals surface area contributed by atoms with Gasteiger partial charge in [0, 0.05) is 12.8 Å². The summed E-state index contributed by atoms with van der Waals surface area (Å²) in [4.78, 5) is 42.5. The van der Waals surface area contributed by atoms with Crippen LogP contribution in [-0.2, 0) is 28.2 Å². The highest BCUT2D eigenvalue weighted by Gasteiger charge is 2.22. The maximum Gasteiger partial charge on any atom is 0.469 e. The Hall–Kier alpha value is -1.77. The summed E-state index contributed by atoms with van der Waals surface area (Å²) in [5, 5.41) is 9.81. The molecule has 0 aliphatic carbocycles. The van der Waals surface area contributed by atoms with E-state index in [1.54, 1.807) is 6.08 Å². The van der Waals surface area contributed by atoms with Gasteiger partial charge in [0.1, 0.15) is 6.61 Å². The Kier molecular flexibility index (Phi) is 29.6. The average Bonchev–Trinajstić information content (AvgIpc) is 2.99. The second kappa shape index (κ2) is 30.9. The Morgan fingerprint density at radius 1 is 0.689 bits per heavy atom. The van der Waals surface area contributed by atoms with Gasteiger partial charge in [-0.25, -0.2) is 4.57 Å². The summed E-state index contributed by atoms with van der Waals surface area (Å²) in [6, 6.07) is 0. The van der Waals surface area contributed by atoms with E-state index in [9.17, 15) is 19.3 Å². The number of rotatable bonds is 31. The van der Waals surface area contributed by atoms with Crippen molar-refractivity contribution in [2.45, 2.75) is 161 Å². The Balaban J connectivity index is 4.08. The molecule has 0 heterocycles. The van der Waals surface area contributed by atoms with Crippen molar-refractivity contribution in [2.24, 2.45) is 0 Å². The second-order valence-electron chi connectivity index (χ2n) is 11.7. The number of ether oxygens (including phenoxy) is 2. The molecule has 0 aromatic rings. The number of allylic oxidation sites excluding steroid dienone is 4. The summed E-state index contributed by atoms with van der Waals surface area (Å²) in [5.41, 5.74) is 0. The molecule has 9 nitrogen and oxygen atoms in total. The van der Waals surface area contributed by atoms with Gasteiger partial charge in [-0.2, -0.15) is 0 Å². The summed E-state index contributed by atoms with van der Waals surface area (Å²) < 4.78 is 26.2. The molecule has 0 rings (SSSR count). The smallest absolute Gasteiger partial charge is 0.462 e. The first kappa shape index (κ1) is 43.2. The molecule has 2 atom stereocenters. The van der Waals surface area contributed by atoms with E-state index in [-0.39, 0.29) is 19.4 Å². The first-order chi connectivity index (χ1) is 21.7. The van der Waals surface area contributed by atoms with Gasteiger partial charge in [0.15, 0.2) is 6.10 Å². The van der Waals surface area contributed by atoms with E-state index in [1.807, 2.05) is 24.3 Å². The highest BCUT2D eigenvalue weighted by molar-refractivity contribution is 7.46. The quantitative estimate of drug-likeness (QED) is 0.0219. The van der Waals surface area contributed by atoms with E-state index in [4.69, 9.17) is 19.3 Å². The molecule has 0 bridgehead atoms. The summed E-state index contributed by atoms with van der Waals surface area (Å²) >= 11 is 0. The molecule has 0 spiro atoms. The lowest BCUT2D eigenvalue weighted by Crippen LogP contribution is -2.29. The molecule has 0 aromatic carbocycles. The first-order valence-corrected chi connectivity index (χ1v) is 18.9. The predicted molar refractivity (Wildman–Crippen MR) is 181 cm³/mol. The summed E-state index contributed by atoms with van der Waals surface area (Å²) in [6.07, 6.45) is 30.6. The zero-order valence-electron chi connectivity index (χ0n) is 28.1. The Labute approximate surface area is 273 Å². The van der Waals surface area contributed by atoms with Crippen LogP contribution in [0.15, 0.2) is 36.5 Å². The maximum atomic E-state index is 12.3. The molecule has 0 saturated heterocycles. The van der Waals surface area contributed by atoms with Crippen molar-refractivity contribution in [3.63, 3.8) is 0 Å². The molecule has 0 amide bonds. The van der Waals surface area contributed by atoms with E-state index in [0.717, 1.165) is 51.4 Å². The number of carbonyl (C=O) groups is 2. The summed E-state index contributed by atoms with van der Waals surface area (Å²) in [6.45, 7) is 3.42. The lowest BCUT2D eigenvalue weighted by atomic mass is 10.1. The van der Waals surface area contributed by atoms with Gasteiger partial charge in [-0.05, 0) is 38.5 Å². The monoisotopic (exact) mass is 658 g/mol. The molecule has 1 unspecified atom stereocenters. The molecule has 45 heavy (non-hydrogen) atoms. The molecule has 0 aliphatic heterocycles. The van der Waals surface area contributed by atoms with E-state index in [1.165, 1.54) is 51.4 Å². The van der Waals surface area contributed by atoms with Crippen LogP contribution >= 0.6 is 7.82 Å². The molecule has 3 N–H and O–H groups in total. The van der Waals surface area contributed by atoms with Gasteiger partial charge in [-0.15, -0.1) is 0 Å². The molecule has 0 aromatic heterocycles. The lowest BCUT2D eigenvalue weighted by molar-refractivity contribution is -0.161. The van der Waals surface area contributed by atoms with Crippen LogP contribution in [0.25, 0.3) is 0 Å². The summed E-state index contributed by atoms with van der Waals surface area (Å²) in [5.74, 6) is -0.940. The van der Waals surface area contributed by atoms with Crippen molar-refractivity contribution in [3.8, 4) is 0 Å². The van der Waals surface area contributed by atoms with Crippen LogP contribution in [0.4, 0.5) is 0 Å². The van der Waals surface area contributed by atoms with E-state index >= 15 is 0 Å². The van der Waals surface area contributed by atoms with Gasteiger partial charge in [-0.3, -0.25) is 14.1 Å². The van der Waals surface area contributed by atoms with Crippen molar-refractivity contribution < 1.29 is 43.0 Å². The zero-order chi connectivity index (χ0) is 33.4. The molecular weight excluding hydrogens is 595 g/mol. The van der Waals surface area contributed by atoms with Crippen molar-refractivity contribution in [2.75, 3.05) is 13.2 Å². The third-order valence-corrected chi connectivity index (χ3v) is 7.74. The zero-order valence-corrected chi connectivity index (χ0v) is 29.0. The van der Waals surface area contributed by atoms with Crippen LogP contribution in [0.1, 0.15) is 149 Å². The summed E-state index contributed by atoms with van der Waals surface area (Å²) in [7, 11) is -4.76. The van der Waals surface area contributed by atoms with E-state index in [2.05, 4.69) is 24.4 Å². The van der Waals surface area contributed by atoms with Crippen LogP contribution in [0, 0.1) is 0 Å². The normalized spacial score (nSPS) is 13.6. The van der Waals surface area contributed by atoms with Gasteiger partial charge >= 0.3 is 19.8 Å². The lowest BCUT2D eigenvalue weighted by Gasteiger charge is -2.18. The number of phosphoric ester groups is 1. The highest BCUT2D eigenvalue weighted by Crippen LogP contribution is 2.36. The minimum absolute atomic E-state index is 0.166. The van der Waals surface area contributed by atoms with Gasteiger partial charge in [-0.1, -0.05) is 134 Å². The molecule has 0 radical (unpaired) electrons. The molecule has 262 valence electrons. The molecule has 0 fully saturated rings. The van der Waals surface area contributed by atoms with Crippen molar-refractivity contribution in [1.82, 2.24) is 0 Å². The topological polar surface area (TPSA) is 140 Å². The fraction of sp³-hybridized carbons (Fsp3) is 0.771. The van der Waals surface area contributed by atoms with Crippen molar-refractivity contribution in [3.05, 3.63) is 36.5 Å². The number of hydrogen-bond donors (Lipinski definition) is 3. The molecule has 10 heteroatoms. The van der Waals surface area contributed by atoms with Crippen LogP contribution in [0.2, 0.25) is 0 Å². The molecular formula is C35H63O9P. The van der Waals surface area contributed by atoms with Gasteiger partial charge in [0.2, 0.25) is 0 Å². The molecule has 0 saturated carbocycles. The van der Waals surface area contributed by atoms with Crippen LogP contribution in [-0.4, -0.2) is 52.3 Å². The van der Waals surface area contributed by atoms with Crippen LogP contribution in [0.3, 0.4) is 0 Å². The van der Waals surface area contributed by atoms with Gasteiger partial charge < -0.3 is 24.4 Å². The second-order valence-corrected chi connectivity index (χ2v) is 12.9. The Morgan fingerprint density at radius 2 is 1.24 bits per heavy atom. The number of aliphatic hydroxyl groups excluding tert-OH is 1. The Morgan fingerprint density at radius 3 is 1.82 bits per heavy atom. The SMILES string of the molecule is CC/C=C/CC(O)/C=C/C=C/CCCCCCCC(=O)O[C@H](COC(=O)CCCCCCCCCCCCC)COP(=O)(O)O. The number of hydrogen-bond acceptors (Lipinski definition) is 7. The number of unbranched alkanes of at least 4 members (excludes halogenated alkanes) is 15. The van der Waals surface area contributed by atoms with E-state index in [0.29, 0.717) is 19.3 Å². The van der Waals surface area contributed by atoms with Crippen LogP contribution < -0.4 is 0 Å². The predicted octanol–water partition coefficient (Wildman–Crippen LogP) is 8.81. The van der Waals surface area contributed by atoms with Crippen molar-refractivity contribution in [1.29, 1.82) is 0 Å². The van der Waals surface area contributed by atoms with Crippen molar-refractivity contribution >= 4 is 19.8 Å².